The second-order valence-electron chi connectivity index (χ2n) is 8.62. The summed E-state index contributed by atoms with van der Waals surface area (Å²) in [6.45, 7) is 4.01. The van der Waals surface area contributed by atoms with Crippen molar-refractivity contribution in [2.45, 2.75) is 78.1 Å². The van der Waals surface area contributed by atoms with Crippen molar-refractivity contribution < 1.29 is 13.2 Å². The van der Waals surface area contributed by atoms with Gasteiger partial charge in [-0.1, -0.05) is 64.7 Å². The fraction of sp³-hybridized carbons (Fsp3) is 0.542. The van der Waals surface area contributed by atoms with Gasteiger partial charge >= 0.3 is 0 Å². The summed E-state index contributed by atoms with van der Waals surface area (Å²) < 4.78 is 28.9. The normalized spacial score (nSPS) is 11.8. The summed E-state index contributed by atoms with van der Waals surface area (Å²) >= 11 is 0. The third-order valence-electron chi connectivity index (χ3n) is 5.83. The first-order chi connectivity index (χ1) is 15.9. The summed E-state index contributed by atoms with van der Waals surface area (Å²) in [4.78, 5) is 15.7. The van der Waals surface area contributed by atoms with Crippen LogP contribution < -0.4 is 4.72 Å². The SMILES string of the molecule is CCCCCCCCCCCCS(=O)(=O)Nc1ccc(-c2nc3c(C=O)c(C)[nH]n3n2)cc1. The van der Waals surface area contributed by atoms with Crippen LogP contribution in [-0.2, 0) is 10.0 Å². The van der Waals surface area contributed by atoms with Gasteiger partial charge in [0.25, 0.3) is 0 Å². The summed E-state index contributed by atoms with van der Waals surface area (Å²) in [5.41, 5.74) is 2.90. The molecule has 0 amide bonds. The van der Waals surface area contributed by atoms with Crippen LogP contribution >= 0.6 is 0 Å². The number of sulfonamides is 1. The van der Waals surface area contributed by atoms with Crippen molar-refractivity contribution in [3.8, 4) is 11.4 Å². The van der Waals surface area contributed by atoms with E-state index in [1.807, 2.05) is 0 Å². The molecule has 180 valence electrons. The van der Waals surface area contributed by atoms with Crippen LogP contribution in [0.3, 0.4) is 0 Å². The quantitative estimate of drug-likeness (QED) is 0.223. The number of nitrogens with zero attached hydrogens (tertiary/aromatic N) is 3. The van der Waals surface area contributed by atoms with Gasteiger partial charge in [0.1, 0.15) is 0 Å². The molecule has 0 bridgehead atoms. The van der Waals surface area contributed by atoms with Crippen LogP contribution in [0.2, 0.25) is 0 Å². The molecule has 0 saturated heterocycles. The Labute approximate surface area is 196 Å². The zero-order valence-corrected chi connectivity index (χ0v) is 20.5. The highest BCUT2D eigenvalue weighted by Gasteiger charge is 2.15. The van der Waals surface area contributed by atoms with E-state index in [-0.39, 0.29) is 5.75 Å². The number of aldehydes is 1. The van der Waals surface area contributed by atoms with Crippen LogP contribution in [0.15, 0.2) is 24.3 Å². The number of carbonyl (C=O) groups excluding carboxylic acids is 1. The van der Waals surface area contributed by atoms with Gasteiger partial charge in [0, 0.05) is 16.9 Å². The zero-order valence-electron chi connectivity index (χ0n) is 19.6. The number of rotatable bonds is 15. The van der Waals surface area contributed by atoms with Crippen molar-refractivity contribution in [3.05, 3.63) is 35.5 Å². The van der Waals surface area contributed by atoms with E-state index < -0.39 is 10.0 Å². The summed E-state index contributed by atoms with van der Waals surface area (Å²) in [5.74, 6) is 0.593. The Morgan fingerprint density at radius 3 is 2.18 bits per heavy atom. The van der Waals surface area contributed by atoms with Crippen LogP contribution in [0.4, 0.5) is 5.69 Å². The lowest BCUT2D eigenvalue weighted by Gasteiger charge is -2.08. The number of anilines is 1. The van der Waals surface area contributed by atoms with Crippen LogP contribution in [0, 0.1) is 6.92 Å². The largest absolute Gasteiger partial charge is 0.298 e. The van der Waals surface area contributed by atoms with E-state index in [1.165, 1.54) is 49.6 Å². The standard InChI is InChI=1S/C24H35N5O3S/c1-3-4-5-6-7-8-9-10-11-12-17-33(31,32)28-21-15-13-20(14-16-21)23-25-24-22(18-30)19(2)26-29(24)27-23/h13-16,18,26,28H,3-12,17H2,1-2H3. The summed E-state index contributed by atoms with van der Waals surface area (Å²) in [6.07, 6.45) is 12.4. The average Bonchev–Trinajstić information content (AvgIpc) is 3.31. The Hall–Kier alpha value is -2.68. The highest BCUT2D eigenvalue weighted by Crippen LogP contribution is 2.21. The first-order valence-electron chi connectivity index (χ1n) is 11.9. The minimum absolute atomic E-state index is 0.131. The van der Waals surface area contributed by atoms with Crippen molar-refractivity contribution in [2.75, 3.05) is 10.5 Å². The molecule has 0 saturated carbocycles. The first-order valence-corrected chi connectivity index (χ1v) is 13.6. The molecular weight excluding hydrogens is 438 g/mol. The van der Waals surface area contributed by atoms with Gasteiger partial charge in [-0.05, 0) is 37.6 Å². The van der Waals surface area contributed by atoms with Crippen LogP contribution in [0.1, 0.15) is 87.2 Å². The molecule has 0 aliphatic carbocycles. The van der Waals surface area contributed by atoms with Crippen molar-refractivity contribution in [2.24, 2.45) is 0 Å². The number of benzene rings is 1. The van der Waals surface area contributed by atoms with E-state index in [0.717, 1.165) is 24.7 Å². The molecule has 0 fully saturated rings. The predicted molar refractivity (Wildman–Crippen MR) is 132 cm³/mol. The summed E-state index contributed by atoms with van der Waals surface area (Å²) in [5, 5.41) is 7.33. The van der Waals surface area contributed by atoms with Crippen LogP contribution in [0.5, 0.6) is 0 Å². The van der Waals surface area contributed by atoms with Gasteiger partial charge in [0.05, 0.1) is 11.3 Å². The second-order valence-corrected chi connectivity index (χ2v) is 10.5. The molecule has 2 heterocycles. The lowest BCUT2D eigenvalue weighted by Crippen LogP contribution is -2.16. The van der Waals surface area contributed by atoms with E-state index in [2.05, 4.69) is 26.8 Å². The maximum absolute atomic E-state index is 12.4. The van der Waals surface area contributed by atoms with E-state index in [0.29, 0.717) is 34.8 Å². The number of fused-ring (bicyclic) bond motifs is 1. The molecule has 1 aromatic carbocycles. The number of hydrogen-bond donors (Lipinski definition) is 2. The average molecular weight is 474 g/mol. The van der Waals surface area contributed by atoms with Gasteiger partial charge in [-0.3, -0.25) is 14.6 Å². The van der Waals surface area contributed by atoms with Crippen molar-refractivity contribution in [1.29, 1.82) is 0 Å². The van der Waals surface area contributed by atoms with E-state index in [9.17, 15) is 13.2 Å². The Kier molecular flexibility index (Phi) is 9.05. The third-order valence-corrected chi connectivity index (χ3v) is 7.20. The molecule has 2 aromatic heterocycles. The molecule has 0 radical (unpaired) electrons. The molecule has 0 aliphatic heterocycles. The number of aryl methyl sites for hydroxylation is 1. The third kappa shape index (κ3) is 7.15. The Balaban J connectivity index is 1.43. The molecule has 0 atom stereocenters. The molecular formula is C24H35N5O3S. The topological polar surface area (TPSA) is 109 Å². The van der Waals surface area contributed by atoms with E-state index in [4.69, 9.17) is 0 Å². The minimum Gasteiger partial charge on any atom is -0.298 e. The Morgan fingerprint density at radius 2 is 1.58 bits per heavy atom. The van der Waals surface area contributed by atoms with E-state index in [1.54, 1.807) is 31.2 Å². The van der Waals surface area contributed by atoms with Crippen molar-refractivity contribution in [3.63, 3.8) is 0 Å². The van der Waals surface area contributed by atoms with Gasteiger partial charge in [0.2, 0.25) is 10.0 Å². The molecule has 3 aromatic rings. The molecule has 0 unspecified atom stereocenters. The lowest BCUT2D eigenvalue weighted by molar-refractivity contribution is 0.112. The van der Waals surface area contributed by atoms with Crippen LogP contribution in [-0.4, -0.2) is 40.3 Å². The molecule has 8 nitrogen and oxygen atoms in total. The smallest absolute Gasteiger partial charge is 0.232 e. The van der Waals surface area contributed by atoms with Crippen molar-refractivity contribution in [1.82, 2.24) is 19.8 Å². The van der Waals surface area contributed by atoms with Gasteiger partial charge in [-0.25, -0.2) is 13.4 Å². The number of aromatic nitrogens is 4. The van der Waals surface area contributed by atoms with Crippen molar-refractivity contribution >= 4 is 27.6 Å². The maximum Gasteiger partial charge on any atom is 0.232 e. The predicted octanol–water partition coefficient (Wildman–Crippen LogP) is 5.51. The number of carbonyl (C=O) groups is 1. The number of H-pyrrole nitrogens is 1. The highest BCUT2D eigenvalue weighted by atomic mass is 32.2. The summed E-state index contributed by atoms with van der Waals surface area (Å²) in [7, 11) is -3.37. The maximum atomic E-state index is 12.4. The minimum atomic E-state index is -3.37. The molecule has 3 rings (SSSR count). The zero-order chi connectivity index (χ0) is 23.7. The Morgan fingerprint density at radius 1 is 0.970 bits per heavy atom. The molecule has 0 aliphatic rings. The first kappa shape index (κ1) is 25.0. The van der Waals surface area contributed by atoms with Crippen LogP contribution in [0.25, 0.3) is 17.0 Å². The number of unbranched alkanes of at least 4 members (excludes halogenated alkanes) is 9. The second kappa shape index (κ2) is 12.0. The molecule has 33 heavy (non-hydrogen) atoms. The molecule has 9 heteroatoms. The summed E-state index contributed by atoms with van der Waals surface area (Å²) in [6, 6.07) is 6.93. The van der Waals surface area contributed by atoms with Gasteiger partial charge in [-0.2, -0.15) is 4.63 Å². The van der Waals surface area contributed by atoms with Gasteiger partial charge < -0.3 is 0 Å². The highest BCUT2D eigenvalue weighted by molar-refractivity contribution is 7.92. The monoisotopic (exact) mass is 473 g/mol. The lowest BCUT2D eigenvalue weighted by atomic mass is 10.1. The molecule has 0 spiro atoms. The Bertz CT molecular complexity index is 1130. The van der Waals surface area contributed by atoms with Gasteiger partial charge in [-0.15, -0.1) is 5.10 Å². The fourth-order valence-electron chi connectivity index (χ4n) is 3.91. The molecule has 2 N–H and O–H groups in total. The number of aromatic amines is 1. The fourth-order valence-corrected chi connectivity index (χ4v) is 5.09. The number of nitrogens with one attached hydrogen (secondary N) is 2. The van der Waals surface area contributed by atoms with E-state index >= 15 is 0 Å². The number of hydrogen-bond acceptors (Lipinski definition) is 5. The van der Waals surface area contributed by atoms with Gasteiger partial charge in [0.15, 0.2) is 17.8 Å².